The van der Waals surface area contributed by atoms with Crippen LogP contribution in [0.4, 0.5) is 0 Å². The lowest BCUT2D eigenvalue weighted by Gasteiger charge is -2.26. The van der Waals surface area contributed by atoms with Gasteiger partial charge in [-0.25, -0.2) is 0 Å². The summed E-state index contributed by atoms with van der Waals surface area (Å²) in [4.78, 5) is 11.6. The molecule has 0 spiro atoms. The Bertz CT molecular complexity index is 529. The fourth-order valence-corrected chi connectivity index (χ4v) is 2.86. The highest BCUT2D eigenvalue weighted by Gasteiger charge is 2.54. The first-order valence-corrected chi connectivity index (χ1v) is 7.32. The number of hydrogen-bond acceptors (Lipinski definition) is 4. The van der Waals surface area contributed by atoms with Gasteiger partial charge in [0.05, 0.1) is 25.7 Å². The van der Waals surface area contributed by atoms with Gasteiger partial charge in [-0.3, -0.25) is 4.79 Å². The third-order valence-corrected chi connectivity index (χ3v) is 4.33. The molecule has 1 saturated heterocycles. The highest BCUT2D eigenvalue weighted by molar-refractivity contribution is 5.86. The standard InChI is InChI=1S/C16H20O5/c1-19-13-4-2-3-12(16(7-8-16)15(17)18)14(13)21-11-5-9-20-10-6-11/h2-4,11H,5-10H2,1H3,(H,17,18). The van der Waals surface area contributed by atoms with E-state index < -0.39 is 11.4 Å². The summed E-state index contributed by atoms with van der Waals surface area (Å²) in [5.41, 5.74) is -0.0597. The lowest BCUT2D eigenvalue weighted by molar-refractivity contribution is -0.140. The third-order valence-electron chi connectivity index (χ3n) is 4.33. The van der Waals surface area contributed by atoms with E-state index in [1.54, 1.807) is 7.11 Å². The molecule has 0 amide bonds. The number of rotatable bonds is 5. The zero-order valence-electron chi connectivity index (χ0n) is 12.1. The monoisotopic (exact) mass is 292 g/mol. The van der Waals surface area contributed by atoms with Crippen molar-refractivity contribution in [3.63, 3.8) is 0 Å². The number of carboxylic acids is 1. The van der Waals surface area contributed by atoms with Gasteiger partial charge >= 0.3 is 5.97 Å². The van der Waals surface area contributed by atoms with Crippen molar-refractivity contribution in [2.45, 2.75) is 37.2 Å². The maximum absolute atomic E-state index is 11.6. The molecule has 1 heterocycles. The van der Waals surface area contributed by atoms with E-state index >= 15 is 0 Å². The first-order chi connectivity index (χ1) is 10.2. The molecular weight excluding hydrogens is 272 g/mol. The van der Waals surface area contributed by atoms with Crippen molar-refractivity contribution in [2.75, 3.05) is 20.3 Å². The Morgan fingerprint density at radius 2 is 2.05 bits per heavy atom. The summed E-state index contributed by atoms with van der Waals surface area (Å²) in [5.74, 6) is 0.408. The lowest BCUT2D eigenvalue weighted by Crippen LogP contribution is -2.28. The van der Waals surface area contributed by atoms with Gasteiger partial charge in [-0.1, -0.05) is 12.1 Å². The van der Waals surface area contributed by atoms with Crippen molar-refractivity contribution in [2.24, 2.45) is 0 Å². The molecule has 5 nitrogen and oxygen atoms in total. The first kappa shape index (κ1) is 14.2. The molecule has 1 aromatic carbocycles. The van der Waals surface area contributed by atoms with Crippen molar-refractivity contribution in [1.82, 2.24) is 0 Å². The predicted octanol–water partition coefficient (Wildman–Crippen LogP) is 2.37. The van der Waals surface area contributed by atoms with Crippen LogP contribution in [0.25, 0.3) is 0 Å². The highest BCUT2D eigenvalue weighted by Crippen LogP contribution is 2.53. The van der Waals surface area contributed by atoms with E-state index in [9.17, 15) is 9.90 Å². The number of aliphatic carboxylic acids is 1. The molecule has 3 rings (SSSR count). The SMILES string of the molecule is COc1cccc(C2(C(=O)O)CC2)c1OC1CCOCC1. The van der Waals surface area contributed by atoms with Crippen LogP contribution >= 0.6 is 0 Å². The van der Waals surface area contributed by atoms with Crippen molar-refractivity contribution >= 4 is 5.97 Å². The Morgan fingerprint density at radius 1 is 1.33 bits per heavy atom. The summed E-state index contributed by atoms with van der Waals surface area (Å²) >= 11 is 0. The Kier molecular flexibility index (Phi) is 3.76. The van der Waals surface area contributed by atoms with E-state index in [2.05, 4.69) is 0 Å². The molecule has 1 saturated carbocycles. The number of methoxy groups -OCH3 is 1. The molecule has 114 valence electrons. The molecular formula is C16H20O5. The van der Waals surface area contributed by atoms with Gasteiger partial charge in [-0.15, -0.1) is 0 Å². The van der Waals surface area contributed by atoms with E-state index in [4.69, 9.17) is 14.2 Å². The van der Waals surface area contributed by atoms with Crippen LogP contribution < -0.4 is 9.47 Å². The zero-order chi connectivity index (χ0) is 14.9. The molecule has 21 heavy (non-hydrogen) atoms. The maximum atomic E-state index is 11.6. The smallest absolute Gasteiger partial charge is 0.314 e. The van der Waals surface area contributed by atoms with E-state index in [-0.39, 0.29) is 6.10 Å². The van der Waals surface area contributed by atoms with E-state index in [1.165, 1.54) is 0 Å². The van der Waals surface area contributed by atoms with Gasteiger partial charge in [-0.05, 0) is 18.9 Å². The third kappa shape index (κ3) is 2.58. The average molecular weight is 292 g/mol. The number of para-hydroxylation sites is 1. The summed E-state index contributed by atoms with van der Waals surface area (Å²) < 4.78 is 16.8. The van der Waals surface area contributed by atoms with Gasteiger partial charge in [0, 0.05) is 18.4 Å². The van der Waals surface area contributed by atoms with Gasteiger partial charge in [0.2, 0.25) is 0 Å². The van der Waals surface area contributed by atoms with Crippen LogP contribution in [0.2, 0.25) is 0 Å². The second-order valence-electron chi connectivity index (χ2n) is 5.65. The molecule has 2 fully saturated rings. The number of carbonyl (C=O) groups is 1. The number of hydrogen-bond donors (Lipinski definition) is 1. The van der Waals surface area contributed by atoms with Crippen LogP contribution in [-0.4, -0.2) is 37.5 Å². The van der Waals surface area contributed by atoms with E-state index in [1.807, 2.05) is 18.2 Å². The summed E-state index contributed by atoms with van der Waals surface area (Å²) in [6, 6.07) is 5.49. The fraction of sp³-hybridized carbons (Fsp3) is 0.562. The van der Waals surface area contributed by atoms with Gasteiger partial charge in [0.15, 0.2) is 11.5 Å². The maximum Gasteiger partial charge on any atom is 0.314 e. The predicted molar refractivity (Wildman–Crippen MR) is 76.0 cm³/mol. The minimum absolute atomic E-state index is 0.0541. The topological polar surface area (TPSA) is 65.0 Å². The minimum atomic E-state index is -0.797. The van der Waals surface area contributed by atoms with Crippen LogP contribution in [0.15, 0.2) is 18.2 Å². The summed E-state index contributed by atoms with van der Waals surface area (Å²) in [7, 11) is 1.58. The zero-order valence-corrected chi connectivity index (χ0v) is 12.1. The van der Waals surface area contributed by atoms with Crippen molar-refractivity contribution in [3.8, 4) is 11.5 Å². The lowest BCUT2D eigenvalue weighted by atomic mass is 9.94. The second-order valence-corrected chi connectivity index (χ2v) is 5.65. The quantitative estimate of drug-likeness (QED) is 0.902. The Morgan fingerprint density at radius 3 is 2.62 bits per heavy atom. The normalized spacial score (nSPS) is 20.8. The molecule has 1 aliphatic heterocycles. The van der Waals surface area contributed by atoms with E-state index in [0.717, 1.165) is 18.4 Å². The van der Waals surface area contributed by atoms with Gasteiger partial charge in [0.25, 0.3) is 0 Å². The van der Waals surface area contributed by atoms with Crippen LogP contribution in [0.5, 0.6) is 11.5 Å². The molecule has 1 N–H and O–H groups in total. The van der Waals surface area contributed by atoms with E-state index in [0.29, 0.717) is 37.6 Å². The Hall–Kier alpha value is -1.75. The van der Waals surface area contributed by atoms with Crippen molar-refractivity contribution < 1.29 is 24.1 Å². The second kappa shape index (κ2) is 5.56. The molecule has 2 aliphatic rings. The van der Waals surface area contributed by atoms with Gasteiger partial charge in [0.1, 0.15) is 6.10 Å². The summed E-state index contributed by atoms with van der Waals surface area (Å²) in [6.07, 6.45) is 2.99. The molecule has 0 atom stereocenters. The van der Waals surface area contributed by atoms with Crippen LogP contribution in [0.3, 0.4) is 0 Å². The van der Waals surface area contributed by atoms with Gasteiger partial charge < -0.3 is 19.3 Å². The largest absolute Gasteiger partial charge is 0.493 e. The fourth-order valence-electron chi connectivity index (χ4n) is 2.86. The molecule has 5 heteroatoms. The Labute approximate surface area is 123 Å². The average Bonchev–Trinajstić information content (AvgIpc) is 3.30. The number of carboxylic acid groups (broad SMARTS) is 1. The van der Waals surface area contributed by atoms with Gasteiger partial charge in [-0.2, -0.15) is 0 Å². The molecule has 0 radical (unpaired) electrons. The summed E-state index contributed by atoms with van der Waals surface area (Å²) in [6.45, 7) is 1.36. The first-order valence-electron chi connectivity index (χ1n) is 7.32. The molecule has 0 bridgehead atoms. The van der Waals surface area contributed by atoms with Crippen molar-refractivity contribution in [1.29, 1.82) is 0 Å². The molecule has 0 unspecified atom stereocenters. The van der Waals surface area contributed by atoms with Crippen LogP contribution in [0, 0.1) is 0 Å². The Balaban J connectivity index is 1.94. The molecule has 1 aliphatic carbocycles. The minimum Gasteiger partial charge on any atom is -0.493 e. The number of benzene rings is 1. The molecule has 0 aromatic heterocycles. The number of ether oxygens (including phenoxy) is 3. The summed E-state index contributed by atoms with van der Waals surface area (Å²) in [5, 5.41) is 9.53. The van der Waals surface area contributed by atoms with Crippen LogP contribution in [0.1, 0.15) is 31.2 Å². The van der Waals surface area contributed by atoms with Crippen LogP contribution in [-0.2, 0) is 14.9 Å². The molecule has 1 aromatic rings. The highest BCUT2D eigenvalue weighted by atomic mass is 16.5. The van der Waals surface area contributed by atoms with Crippen molar-refractivity contribution in [3.05, 3.63) is 23.8 Å².